The van der Waals surface area contributed by atoms with Gasteiger partial charge in [0.25, 0.3) is 0 Å². The molecule has 3 nitrogen and oxygen atoms in total. The molecule has 4 heteroatoms. The Bertz CT molecular complexity index is 535. The fraction of sp³-hybridized carbons (Fsp3) is 0.706. The summed E-state index contributed by atoms with van der Waals surface area (Å²) in [5, 5.41) is 3.60. The van der Waals surface area contributed by atoms with E-state index in [0.29, 0.717) is 11.9 Å². The fourth-order valence-corrected chi connectivity index (χ4v) is 4.73. The summed E-state index contributed by atoms with van der Waals surface area (Å²) in [4.78, 5) is 17.8. The highest BCUT2D eigenvalue weighted by Crippen LogP contribution is 2.50. The summed E-state index contributed by atoms with van der Waals surface area (Å²) < 4.78 is 0. The Morgan fingerprint density at radius 1 is 1.29 bits per heavy atom. The number of nitrogens with one attached hydrogen (secondary N) is 1. The van der Waals surface area contributed by atoms with Gasteiger partial charge in [-0.05, 0) is 63.0 Å². The summed E-state index contributed by atoms with van der Waals surface area (Å²) >= 11 is 1.83. The van der Waals surface area contributed by atoms with Gasteiger partial charge in [-0.2, -0.15) is 0 Å². The number of aryl methyl sites for hydroxylation is 1. The van der Waals surface area contributed by atoms with Gasteiger partial charge in [0.05, 0.1) is 6.04 Å². The molecule has 2 aliphatic carbocycles. The first-order valence-corrected chi connectivity index (χ1v) is 9.15. The van der Waals surface area contributed by atoms with Crippen molar-refractivity contribution in [1.29, 1.82) is 0 Å². The number of carbonyl (C=O) groups excluding carboxylic acids is 1. The molecule has 21 heavy (non-hydrogen) atoms. The van der Waals surface area contributed by atoms with E-state index in [4.69, 9.17) is 0 Å². The maximum absolute atomic E-state index is 12.9. The molecule has 1 amide bonds. The number of nitrogens with zero attached hydrogens (tertiary/aromatic N) is 1. The predicted molar refractivity (Wildman–Crippen MR) is 85.1 cm³/mol. The number of hydrogen-bond acceptors (Lipinski definition) is 3. The van der Waals surface area contributed by atoms with Gasteiger partial charge in [-0.15, -0.1) is 11.3 Å². The van der Waals surface area contributed by atoms with Crippen LogP contribution in [-0.4, -0.2) is 22.9 Å². The molecule has 0 aromatic carbocycles. The second-order valence-electron chi connectivity index (χ2n) is 6.89. The first kappa shape index (κ1) is 13.8. The lowest BCUT2D eigenvalue weighted by molar-refractivity contribution is -0.133. The van der Waals surface area contributed by atoms with E-state index in [2.05, 4.69) is 36.2 Å². The summed E-state index contributed by atoms with van der Waals surface area (Å²) in [7, 11) is 0. The van der Waals surface area contributed by atoms with E-state index in [1.165, 1.54) is 35.4 Å². The van der Waals surface area contributed by atoms with Gasteiger partial charge in [-0.25, -0.2) is 0 Å². The van der Waals surface area contributed by atoms with E-state index >= 15 is 0 Å². The standard InChI is InChI=1S/C17H24N2OS/c1-3-13-17(20)19(15(11-5-6-11)12-7-8-12)16(18-13)14-9-4-10(2)21-14/h4,9,11-13,15-16,18H,3,5-8H2,1-2H3. The molecule has 2 heterocycles. The topological polar surface area (TPSA) is 32.3 Å². The molecule has 3 aliphatic rings. The Labute approximate surface area is 130 Å². The maximum Gasteiger partial charge on any atom is 0.241 e. The lowest BCUT2D eigenvalue weighted by atomic mass is 10.0. The van der Waals surface area contributed by atoms with E-state index < -0.39 is 0 Å². The first-order chi connectivity index (χ1) is 10.2. The Morgan fingerprint density at radius 2 is 1.95 bits per heavy atom. The maximum atomic E-state index is 12.9. The zero-order valence-electron chi connectivity index (χ0n) is 12.8. The number of rotatable bonds is 5. The molecule has 2 atom stereocenters. The van der Waals surface area contributed by atoms with Crippen LogP contribution in [0.2, 0.25) is 0 Å². The van der Waals surface area contributed by atoms with Gasteiger partial charge < -0.3 is 4.90 Å². The average Bonchev–Trinajstić information content (AvgIpc) is 3.38. The van der Waals surface area contributed by atoms with E-state index in [1.54, 1.807) is 0 Å². The Kier molecular flexibility index (Phi) is 3.34. The smallest absolute Gasteiger partial charge is 0.241 e. The van der Waals surface area contributed by atoms with Gasteiger partial charge in [0.15, 0.2) is 0 Å². The van der Waals surface area contributed by atoms with E-state index in [0.717, 1.165) is 18.3 Å². The molecule has 1 aliphatic heterocycles. The van der Waals surface area contributed by atoms with Crippen LogP contribution in [0.5, 0.6) is 0 Å². The van der Waals surface area contributed by atoms with E-state index in [9.17, 15) is 4.79 Å². The molecular formula is C17H24N2OS. The first-order valence-electron chi connectivity index (χ1n) is 8.33. The van der Waals surface area contributed by atoms with Crippen molar-refractivity contribution in [3.63, 3.8) is 0 Å². The van der Waals surface area contributed by atoms with Gasteiger partial charge in [0, 0.05) is 15.8 Å². The van der Waals surface area contributed by atoms with Crippen LogP contribution in [0, 0.1) is 18.8 Å². The highest BCUT2D eigenvalue weighted by atomic mass is 32.1. The SMILES string of the molecule is CCC1NC(c2ccc(C)s2)N(C(C2CC2)C2CC2)C1=O. The predicted octanol–water partition coefficient (Wildman–Crippen LogP) is 3.45. The molecule has 0 radical (unpaired) electrons. The molecule has 0 spiro atoms. The summed E-state index contributed by atoms with van der Waals surface area (Å²) in [6, 6.07) is 4.88. The highest BCUT2D eigenvalue weighted by Gasteiger charge is 2.52. The second-order valence-corrected chi connectivity index (χ2v) is 8.21. The Hall–Kier alpha value is -0.870. The van der Waals surface area contributed by atoms with Crippen molar-refractivity contribution >= 4 is 17.2 Å². The summed E-state index contributed by atoms with van der Waals surface area (Å²) in [5.74, 6) is 1.88. The number of carbonyl (C=O) groups is 1. The van der Waals surface area contributed by atoms with Crippen LogP contribution < -0.4 is 5.32 Å². The van der Waals surface area contributed by atoms with Crippen LogP contribution in [0.4, 0.5) is 0 Å². The molecule has 1 aromatic rings. The molecule has 4 rings (SSSR count). The number of thiophene rings is 1. The molecule has 2 unspecified atom stereocenters. The van der Waals surface area contributed by atoms with Crippen LogP contribution in [-0.2, 0) is 4.79 Å². The zero-order valence-corrected chi connectivity index (χ0v) is 13.7. The molecule has 3 fully saturated rings. The van der Waals surface area contributed by atoms with Gasteiger partial charge in [0.1, 0.15) is 6.17 Å². The Morgan fingerprint density at radius 3 is 2.43 bits per heavy atom. The van der Waals surface area contributed by atoms with Crippen LogP contribution in [0.25, 0.3) is 0 Å². The molecule has 1 aromatic heterocycles. The number of amides is 1. The molecule has 0 bridgehead atoms. The van der Waals surface area contributed by atoms with E-state index in [-0.39, 0.29) is 12.2 Å². The quantitative estimate of drug-likeness (QED) is 0.903. The van der Waals surface area contributed by atoms with Crippen molar-refractivity contribution in [2.75, 3.05) is 0 Å². The lowest BCUT2D eigenvalue weighted by Crippen LogP contribution is -2.42. The van der Waals surface area contributed by atoms with Gasteiger partial charge in [-0.1, -0.05) is 6.92 Å². The summed E-state index contributed by atoms with van der Waals surface area (Å²) in [6.07, 6.45) is 6.27. The third kappa shape index (κ3) is 2.42. The van der Waals surface area contributed by atoms with Crippen LogP contribution in [0.3, 0.4) is 0 Å². The van der Waals surface area contributed by atoms with Gasteiger partial charge in [0.2, 0.25) is 5.91 Å². The molecule has 1 N–H and O–H groups in total. The lowest BCUT2D eigenvalue weighted by Gasteiger charge is -2.33. The number of hydrogen-bond donors (Lipinski definition) is 1. The Balaban J connectivity index is 1.67. The van der Waals surface area contributed by atoms with Crippen molar-refractivity contribution in [2.45, 2.75) is 64.2 Å². The minimum atomic E-state index is 0.0115. The van der Waals surface area contributed by atoms with Crippen LogP contribution in [0.15, 0.2) is 12.1 Å². The second kappa shape index (κ2) is 5.10. The zero-order chi connectivity index (χ0) is 14.6. The molecular weight excluding hydrogens is 280 g/mol. The van der Waals surface area contributed by atoms with Crippen molar-refractivity contribution in [3.05, 3.63) is 21.9 Å². The van der Waals surface area contributed by atoms with E-state index in [1.807, 2.05) is 11.3 Å². The summed E-state index contributed by atoms with van der Waals surface area (Å²) in [6.45, 7) is 4.25. The normalized spacial score (nSPS) is 29.7. The average molecular weight is 304 g/mol. The molecule has 1 saturated heterocycles. The third-order valence-electron chi connectivity index (χ3n) is 5.16. The molecule has 114 valence electrons. The van der Waals surface area contributed by atoms with Crippen molar-refractivity contribution < 1.29 is 4.79 Å². The van der Waals surface area contributed by atoms with Crippen LogP contribution in [0.1, 0.15) is 54.9 Å². The largest absolute Gasteiger partial charge is 0.317 e. The third-order valence-corrected chi connectivity index (χ3v) is 6.21. The van der Waals surface area contributed by atoms with Crippen molar-refractivity contribution in [2.24, 2.45) is 11.8 Å². The fourth-order valence-electron chi connectivity index (χ4n) is 3.80. The van der Waals surface area contributed by atoms with Crippen molar-refractivity contribution in [1.82, 2.24) is 10.2 Å². The molecule has 2 saturated carbocycles. The monoisotopic (exact) mass is 304 g/mol. The van der Waals surface area contributed by atoms with Gasteiger partial charge in [-0.3, -0.25) is 10.1 Å². The van der Waals surface area contributed by atoms with Gasteiger partial charge >= 0.3 is 0 Å². The highest BCUT2D eigenvalue weighted by molar-refractivity contribution is 7.12. The van der Waals surface area contributed by atoms with Crippen molar-refractivity contribution in [3.8, 4) is 0 Å². The van der Waals surface area contributed by atoms with Crippen LogP contribution >= 0.6 is 11.3 Å². The minimum absolute atomic E-state index is 0.0115. The minimum Gasteiger partial charge on any atom is -0.317 e. The summed E-state index contributed by atoms with van der Waals surface area (Å²) in [5.41, 5.74) is 0.